The lowest BCUT2D eigenvalue weighted by Gasteiger charge is -2.18. The Morgan fingerprint density at radius 3 is 2.33 bits per heavy atom. The van der Waals surface area contributed by atoms with E-state index in [0.717, 1.165) is 30.9 Å². The normalized spacial score (nSPS) is 12.1. The van der Waals surface area contributed by atoms with Gasteiger partial charge in [0.05, 0.1) is 13.1 Å². The lowest BCUT2D eigenvalue weighted by Crippen LogP contribution is -2.42. The number of nitrogens with one attached hydrogen (secondary N) is 3. The Morgan fingerprint density at radius 1 is 1.00 bits per heavy atom. The highest BCUT2D eigenvalue weighted by Crippen LogP contribution is 2.07. The number of carbonyl (C=O) groups is 2. The fourth-order valence-electron chi connectivity index (χ4n) is 2.85. The van der Waals surface area contributed by atoms with Gasteiger partial charge in [-0.15, -0.1) is 0 Å². The number of nitrogens with zero attached hydrogens (tertiary/aromatic N) is 1. The smallest absolute Gasteiger partial charge is 0.251 e. The lowest BCUT2D eigenvalue weighted by molar-refractivity contribution is -0.117. The molecule has 0 aliphatic carbocycles. The van der Waals surface area contributed by atoms with Crippen LogP contribution < -0.4 is 21.7 Å². The molecule has 0 bridgehead atoms. The first-order valence-corrected chi connectivity index (χ1v) is 10.2. The highest BCUT2D eigenvalue weighted by molar-refractivity contribution is 5.96. The van der Waals surface area contributed by atoms with E-state index in [1.54, 1.807) is 12.1 Å². The maximum absolute atomic E-state index is 11.9. The number of carbonyl (C=O) groups excluding carboxylic acids is 2. The largest absolute Gasteiger partial charge is 0.368 e. The van der Waals surface area contributed by atoms with Crippen molar-refractivity contribution < 1.29 is 9.59 Å². The Balaban J connectivity index is 1.88. The van der Waals surface area contributed by atoms with Gasteiger partial charge in [0.1, 0.15) is 0 Å². The van der Waals surface area contributed by atoms with E-state index in [2.05, 4.69) is 52.1 Å². The molecule has 0 spiro atoms. The average molecular weight is 410 g/mol. The fraction of sp³-hybridized carbons (Fsp3) is 0.348. The molecular formula is C23H31N5O2. The summed E-state index contributed by atoms with van der Waals surface area (Å²) in [5.74, 6) is -0.136. The molecule has 1 atom stereocenters. The molecule has 0 aliphatic rings. The van der Waals surface area contributed by atoms with E-state index < -0.39 is 5.91 Å². The molecule has 5 N–H and O–H groups in total. The van der Waals surface area contributed by atoms with Crippen molar-refractivity contribution >= 4 is 17.8 Å². The van der Waals surface area contributed by atoms with Crippen molar-refractivity contribution in [1.82, 2.24) is 16.0 Å². The number of amides is 2. The maximum atomic E-state index is 11.9. The third-order valence-corrected chi connectivity index (χ3v) is 4.50. The number of primary amides is 1. The van der Waals surface area contributed by atoms with E-state index in [4.69, 9.17) is 5.73 Å². The van der Waals surface area contributed by atoms with Gasteiger partial charge in [0.25, 0.3) is 5.91 Å². The molecular weight excluding hydrogens is 378 g/mol. The second-order valence-corrected chi connectivity index (χ2v) is 7.11. The Bertz CT molecular complexity index is 834. The van der Waals surface area contributed by atoms with Gasteiger partial charge >= 0.3 is 0 Å². The Labute approximate surface area is 178 Å². The quantitative estimate of drug-likeness (QED) is 0.355. The lowest BCUT2D eigenvalue weighted by atomic mass is 10.1. The molecule has 1 unspecified atom stereocenters. The topological polar surface area (TPSA) is 109 Å². The Kier molecular flexibility index (Phi) is 9.37. The molecule has 0 saturated carbocycles. The SMILES string of the molecule is CCNC(=NCc1ccc(C(=O)NCC(N)=O)cc1)NC(C)CCc1ccccc1. The van der Waals surface area contributed by atoms with Crippen molar-refractivity contribution in [2.75, 3.05) is 13.1 Å². The number of aryl methyl sites for hydroxylation is 1. The van der Waals surface area contributed by atoms with Gasteiger partial charge in [0.2, 0.25) is 5.91 Å². The second-order valence-electron chi connectivity index (χ2n) is 7.11. The molecule has 30 heavy (non-hydrogen) atoms. The van der Waals surface area contributed by atoms with Crippen LogP contribution in [0.4, 0.5) is 0 Å². The second kappa shape index (κ2) is 12.3. The summed E-state index contributed by atoms with van der Waals surface area (Å²) in [6, 6.07) is 17.8. The minimum atomic E-state index is -0.573. The standard InChI is InChI=1S/C23H31N5O2/c1-3-25-23(28-17(2)9-10-18-7-5-4-6-8-18)27-15-19-11-13-20(14-12-19)22(30)26-16-21(24)29/h4-8,11-14,17H,3,9-10,15-16H2,1-2H3,(H2,24,29)(H,26,30)(H2,25,27,28). The molecule has 160 valence electrons. The molecule has 0 aliphatic heterocycles. The predicted octanol–water partition coefficient (Wildman–Crippen LogP) is 1.98. The number of benzene rings is 2. The summed E-state index contributed by atoms with van der Waals surface area (Å²) < 4.78 is 0. The summed E-state index contributed by atoms with van der Waals surface area (Å²) in [6.45, 7) is 5.27. The zero-order chi connectivity index (χ0) is 21.8. The molecule has 2 amide bonds. The fourth-order valence-corrected chi connectivity index (χ4v) is 2.85. The number of nitrogens with two attached hydrogens (primary N) is 1. The molecule has 0 saturated heterocycles. The summed E-state index contributed by atoms with van der Waals surface area (Å²) in [7, 11) is 0. The van der Waals surface area contributed by atoms with Gasteiger partial charge in [-0.3, -0.25) is 9.59 Å². The third kappa shape index (κ3) is 8.34. The van der Waals surface area contributed by atoms with Crippen molar-refractivity contribution in [1.29, 1.82) is 0 Å². The zero-order valence-corrected chi connectivity index (χ0v) is 17.7. The first-order valence-electron chi connectivity index (χ1n) is 10.2. The summed E-state index contributed by atoms with van der Waals surface area (Å²) in [4.78, 5) is 27.3. The van der Waals surface area contributed by atoms with Crippen LogP contribution in [0.5, 0.6) is 0 Å². The van der Waals surface area contributed by atoms with E-state index in [-0.39, 0.29) is 18.5 Å². The van der Waals surface area contributed by atoms with Crippen LogP contribution in [0, 0.1) is 0 Å². The third-order valence-electron chi connectivity index (χ3n) is 4.50. The van der Waals surface area contributed by atoms with Crippen molar-refractivity contribution in [2.24, 2.45) is 10.7 Å². The van der Waals surface area contributed by atoms with Crippen molar-refractivity contribution in [3.8, 4) is 0 Å². The molecule has 0 heterocycles. The highest BCUT2D eigenvalue weighted by atomic mass is 16.2. The minimum Gasteiger partial charge on any atom is -0.368 e. The van der Waals surface area contributed by atoms with Crippen LogP contribution in [0.3, 0.4) is 0 Å². The monoisotopic (exact) mass is 409 g/mol. The molecule has 7 nitrogen and oxygen atoms in total. The zero-order valence-electron chi connectivity index (χ0n) is 17.7. The van der Waals surface area contributed by atoms with Gasteiger partial charge in [-0.05, 0) is 49.9 Å². The number of hydrogen-bond donors (Lipinski definition) is 4. The molecule has 7 heteroatoms. The molecule has 0 radical (unpaired) electrons. The van der Waals surface area contributed by atoms with Gasteiger partial charge < -0.3 is 21.7 Å². The van der Waals surface area contributed by atoms with E-state index in [0.29, 0.717) is 12.1 Å². The molecule has 2 aromatic rings. The number of aliphatic imine (C=N–C) groups is 1. The summed E-state index contributed by atoms with van der Waals surface area (Å²) in [5.41, 5.74) is 7.82. The van der Waals surface area contributed by atoms with Gasteiger partial charge in [-0.1, -0.05) is 42.5 Å². The number of guanidine groups is 1. The Hall–Kier alpha value is -3.35. The van der Waals surface area contributed by atoms with Crippen LogP contribution in [0.1, 0.15) is 41.8 Å². The van der Waals surface area contributed by atoms with Crippen LogP contribution in [0.15, 0.2) is 59.6 Å². The molecule has 0 aromatic heterocycles. The van der Waals surface area contributed by atoms with E-state index >= 15 is 0 Å². The van der Waals surface area contributed by atoms with Crippen LogP contribution in [-0.4, -0.2) is 36.9 Å². The van der Waals surface area contributed by atoms with Crippen molar-refractivity contribution in [2.45, 2.75) is 39.3 Å². The van der Waals surface area contributed by atoms with E-state index in [9.17, 15) is 9.59 Å². The van der Waals surface area contributed by atoms with Crippen LogP contribution in [0.2, 0.25) is 0 Å². The molecule has 2 aromatic carbocycles. The Morgan fingerprint density at radius 2 is 1.70 bits per heavy atom. The van der Waals surface area contributed by atoms with Crippen molar-refractivity contribution in [3.63, 3.8) is 0 Å². The van der Waals surface area contributed by atoms with Gasteiger partial charge in [-0.25, -0.2) is 4.99 Å². The summed E-state index contributed by atoms with van der Waals surface area (Å²) in [5, 5.41) is 9.19. The summed E-state index contributed by atoms with van der Waals surface area (Å²) >= 11 is 0. The van der Waals surface area contributed by atoms with E-state index in [1.165, 1.54) is 5.56 Å². The minimum absolute atomic E-state index is 0.176. The van der Waals surface area contributed by atoms with Gasteiger partial charge in [-0.2, -0.15) is 0 Å². The average Bonchev–Trinajstić information content (AvgIpc) is 2.75. The maximum Gasteiger partial charge on any atom is 0.251 e. The highest BCUT2D eigenvalue weighted by Gasteiger charge is 2.08. The van der Waals surface area contributed by atoms with E-state index in [1.807, 2.05) is 25.1 Å². The molecule has 0 fully saturated rings. The van der Waals surface area contributed by atoms with Crippen LogP contribution >= 0.6 is 0 Å². The van der Waals surface area contributed by atoms with Crippen molar-refractivity contribution in [3.05, 3.63) is 71.3 Å². The van der Waals surface area contributed by atoms with Gasteiger partial charge in [0.15, 0.2) is 5.96 Å². The predicted molar refractivity (Wildman–Crippen MR) is 120 cm³/mol. The summed E-state index contributed by atoms with van der Waals surface area (Å²) in [6.07, 6.45) is 2.01. The number of rotatable bonds is 10. The first kappa shape index (κ1) is 22.9. The number of hydrogen-bond acceptors (Lipinski definition) is 3. The first-order chi connectivity index (χ1) is 14.5. The molecule has 2 rings (SSSR count). The van der Waals surface area contributed by atoms with Crippen LogP contribution in [0.25, 0.3) is 0 Å². The van der Waals surface area contributed by atoms with Crippen LogP contribution in [-0.2, 0) is 17.8 Å². The van der Waals surface area contributed by atoms with Gasteiger partial charge in [0, 0.05) is 18.2 Å².